The number of carbonyl (C=O) groups is 1. The second-order valence-electron chi connectivity index (χ2n) is 7.64. The Hall–Kier alpha value is -3.31. The van der Waals surface area contributed by atoms with Crippen molar-refractivity contribution in [1.82, 2.24) is 14.8 Å². The first-order valence-electron chi connectivity index (χ1n) is 10.6. The first-order valence-corrected chi connectivity index (χ1v) is 12.7. The maximum absolute atomic E-state index is 13.0. The summed E-state index contributed by atoms with van der Waals surface area (Å²) < 4.78 is 7.29. The van der Waals surface area contributed by atoms with Gasteiger partial charge in [0.1, 0.15) is 5.75 Å². The number of hydrogen-bond acceptors (Lipinski definition) is 7. The molecule has 0 aliphatic heterocycles. The molecule has 4 aromatic rings. The highest BCUT2D eigenvalue weighted by molar-refractivity contribution is 8.00. The fourth-order valence-corrected chi connectivity index (χ4v) is 4.82. The highest BCUT2D eigenvalue weighted by atomic mass is 35.5. The summed E-state index contributed by atoms with van der Waals surface area (Å²) in [4.78, 5) is 23.4. The number of rotatable bonds is 8. The molecule has 0 unspecified atom stereocenters. The summed E-state index contributed by atoms with van der Waals surface area (Å²) >= 11 is 19.8. The van der Waals surface area contributed by atoms with Gasteiger partial charge < -0.3 is 10.1 Å². The molecule has 0 saturated carbocycles. The third-order valence-electron chi connectivity index (χ3n) is 5.17. The fraction of sp³-hybridized carbons (Fsp3) is 0.125. The Balaban J connectivity index is 1.69. The number of halogens is 3. The van der Waals surface area contributed by atoms with E-state index in [-0.39, 0.29) is 16.4 Å². The third-order valence-corrected chi connectivity index (χ3v) is 7.00. The lowest BCUT2D eigenvalue weighted by molar-refractivity contribution is -0.384. The number of benzene rings is 3. The van der Waals surface area contributed by atoms with Crippen LogP contribution in [0.5, 0.6) is 5.75 Å². The molecule has 0 spiro atoms. The minimum Gasteiger partial charge on any atom is -0.495 e. The van der Waals surface area contributed by atoms with Crippen LogP contribution in [0.4, 0.5) is 11.4 Å². The predicted molar refractivity (Wildman–Crippen MR) is 145 cm³/mol. The Bertz CT molecular complexity index is 1500. The molecule has 0 fully saturated rings. The van der Waals surface area contributed by atoms with Crippen LogP contribution in [0, 0.1) is 10.1 Å². The van der Waals surface area contributed by atoms with E-state index in [0.29, 0.717) is 38.0 Å². The van der Waals surface area contributed by atoms with Crippen molar-refractivity contribution in [2.24, 2.45) is 0 Å². The van der Waals surface area contributed by atoms with Gasteiger partial charge in [-0.25, -0.2) is 0 Å². The maximum atomic E-state index is 13.0. The Kier molecular flexibility index (Phi) is 8.23. The summed E-state index contributed by atoms with van der Waals surface area (Å²) in [6, 6.07) is 16.1. The van der Waals surface area contributed by atoms with Gasteiger partial charge in [-0.1, -0.05) is 58.7 Å². The van der Waals surface area contributed by atoms with Crippen LogP contribution in [-0.2, 0) is 4.79 Å². The summed E-state index contributed by atoms with van der Waals surface area (Å²) in [5, 5.41) is 23.1. The highest BCUT2D eigenvalue weighted by Crippen LogP contribution is 2.36. The molecule has 0 saturated heterocycles. The van der Waals surface area contributed by atoms with Crippen molar-refractivity contribution in [3.05, 3.63) is 85.8 Å². The van der Waals surface area contributed by atoms with Crippen LogP contribution in [-0.4, -0.2) is 38.0 Å². The van der Waals surface area contributed by atoms with E-state index in [1.54, 1.807) is 47.9 Å². The molecule has 1 N–H and O–H groups in total. The number of hydrogen-bond donors (Lipinski definition) is 1. The normalized spacial score (nSPS) is 11.7. The van der Waals surface area contributed by atoms with E-state index in [1.807, 2.05) is 6.07 Å². The average molecular weight is 579 g/mol. The fourth-order valence-electron chi connectivity index (χ4n) is 3.38. The van der Waals surface area contributed by atoms with Crippen molar-refractivity contribution in [3.63, 3.8) is 0 Å². The first kappa shape index (κ1) is 26.7. The Morgan fingerprint density at radius 2 is 1.84 bits per heavy atom. The molecule has 3 aromatic carbocycles. The summed E-state index contributed by atoms with van der Waals surface area (Å²) in [5.41, 5.74) is 1.34. The molecule has 9 nitrogen and oxygen atoms in total. The Morgan fingerprint density at radius 3 is 2.51 bits per heavy atom. The van der Waals surface area contributed by atoms with Crippen LogP contribution < -0.4 is 10.1 Å². The number of ether oxygens (including phenoxy) is 1. The summed E-state index contributed by atoms with van der Waals surface area (Å²) in [5.74, 6) is 0.596. The largest absolute Gasteiger partial charge is 0.495 e. The molecule has 13 heteroatoms. The molecule has 0 bridgehead atoms. The van der Waals surface area contributed by atoms with Gasteiger partial charge in [0.15, 0.2) is 11.0 Å². The number of nitrogens with one attached hydrogen (secondary N) is 1. The van der Waals surface area contributed by atoms with Crippen LogP contribution in [0.15, 0.2) is 65.8 Å². The minimum absolute atomic E-state index is 0.0508. The van der Waals surface area contributed by atoms with Crippen molar-refractivity contribution >= 4 is 63.8 Å². The number of anilines is 1. The Labute approximate surface area is 230 Å². The average Bonchev–Trinajstić information content (AvgIpc) is 3.28. The third kappa shape index (κ3) is 5.99. The molecular weight excluding hydrogens is 561 g/mol. The van der Waals surface area contributed by atoms with E-state index >= 15 is 0 Å². The lowest BCUT2D eigenvalue weighted by Crippen LogP contribution is -2.23. The van der Waals surface area contributed by atoms with Crippen LogP contribution in [0.25, 0.3) is 17.1 Å². The van der Waals surface area contributed by atoms with Gasteiger partial charge in [-0.05, 0) is 43.3 Å². The van der Waals surface area contributed by atoms with Gasteiger partial charge in [0, 0.05) is 27.7 Å². The Morgan fingerprint density at radius 1 is 1.08 bits per heavy atom. The standard InChI is InChI=1S/C24H18Cl3N5O4S/c1-13(23(33)28-19-8-7-17(32(34)35)12-18(19)27)37-24-30-29-22(14-4-3-5-15(25)10-14)31(24)20-11-16(26)6-9-21(20)36-2/h3-13H,1-2H3,(H,28,33)/t13-/m1/s1. The van der Waals surface area contributed by atoms with Crippen LogP contribution >= 0.6 is 46.6 Å². The quantitative estimate of drug-likeness (QED) is 0.137. The van der Waals surface area contributed by atoms with E-state index in [0.717, 1.165) is 11.8 Å². The molecule has 4 rings (SSSR count). The number of nitro groups is 1. The first-order chi connectivity index (χ1) is 17.7. The second kappa shape index (κ2) is 11.4. The van der Waals surface area contributed by atoms with Gasteiger partial charge >= 0.3 is 0 Å². The minimum atomic E-state index is -0.661. The molecule has 1 heterocycles. The van der Waals surface area contributed by atoms with Crippen molar-refractivity contribution in [2.75, 3.05) is 12.4 Å². The van der Waals surface area contributed by atoms with Crippen LogP contribution in [0.3, 0.4) is 0 Å². The summed E-state index contributed by atoms with van der Waals surface area (Å²) in [6.07, 6.45) is 0. The van der Waals surface area contributed by atoms with Gasteiger partial charge in [-0.15, -0.1) is 10.2 Å². The lowest BCUT2D eigenvalue weighted by Gasteiger charge is -2.16. The van der Waals surface area contributed by atoms with Crippen molar-refractivity contribution < 1.29 is 14.5 Å². The molecule has 1 atom stereocenters. The number of aromatic nitrogens is 3. The van der Waals surface area contributed by atoms with Gasteiger partial charge in [-0.2, -0.15) is 0 Å². The van der Waals surface area contributed by atoms with Crippen molar-refractivity contribution in [2.45, 2.75) is 17.3 Å². The zero-order valence-corrected chi connectivity index (χ0v) is 22.4. The van der Waals surface area contributed by atoms with Gasteiger partial charge in [-0.3, -0.25) is 19.5 Å². The van der Waals surface area contributed by atoms with E-state index in [9.17, 15) is 14.9 Å². The number of nitro benzene ring substituents is 1. The monoisotopic (exact) mass is 577 g/mol. The lowest BCUT2D eigenvalue weighted by atomic mass is 10.2. The topological polar surface area (TPSA) is 112 Å². The SMILES string of the molecule is COc1ccc(Cl)cc1-n1c(S[C@H](C)C(=O)Nc2ccc([N+](=O)[O-])cc2Cl)nnc1-c1cccc(Cl)c1. The zero-order chi connectivity index (χ0) is 26.7. The van der Waals surface area contributed by atoms with Crippen LogP contribution in [0.2, 0.25) is 15.1 Å². The molecule has 190 valence electrons. The number of thioether (sulfide) groups is 1. The van der Waals surface area contributed by atoms with E-state index in [4.69, 9.17) is 39.5 Å². The molecule has 1 aromatic heterocycles. The number of non-ortho nitro benzene ring substituents is 1. The number of amides is 1. The second-order valence-corrected chi connectivity index (χ2v) is 10.2. The molecule has 0 radical (unpaired) electrons. The molecular formula is C24H18Cl3N5O4S. The van der Waals surface area contributed by atoms with Crippen molar-refractivity contribution in [1.29, 1.82) is 0 Å². The van der Waals surface area contributed by atoms with Gasteiger partial charge in [0.2, 0.25) is 5.91 Å². The smallest absolute Gasteiger partial charge is 0.271 e. The summed E-state index contributed by atoms with van der Waals surface area (Å²) in [7, 11) is 1.53. The molecule has 1 amide bonds. The number of methoxy groups -OCH3 is 1. The molecule has 0 aliphatic carbocycles. The van der Waals surface area contributed by atoms with Crippen molar-refractivity contribution in [3.8, 4) is 22.8 Å². The maximum Gasteiger partial charge on any atom is 0.271 e. The van der Waals surface area contributed by atoms with Gasteiger partial charge in [0.25, 0.3) is 5.69 Å². The number of carbonyl (C=O) groups excluding carboxylic acids is 1. The molecule has 37 heavy (non-hydrogen) atoms. The van der Waals surface area contributed by atoms with Crippen LogP contribution in [0.1, 0.15) is 6.92 Å². The van der Waals surface area contributed by atoms with E-state index in [2.05, 4.69) is 15.5 Å². The highest BCUT2D eigenvalue weighted by Gasteiger charge is 2.24. The molecule has 0 aliphatic rings. The van der Waals surface area contributed by atoms with E-state index in [1.165, 1.54) is 25.3 Å². The number of nitrogens with zero attached hydrogens (tertiary/aromatic N) is 4. The zero-order valence-electron chi connectivity index (χ0n) is 19.3. The summed E-state index contributed by atoms with van der Waals surface area (Å²) in [6.45, 7) is 1.69. The van der Waals surface area contributed by atoms with Gasteiger partial charge in [0.05, 0.1) is 33.7 Å². The van der Waals surface area contributed by atoms with E-state index < -0.39 is 16.1 Å². The predicted octanol–water partition coefficient (Wildman–Crippen LogP) is 6.93.